The van der Waals surface area contributed by atoms with Gasteiger partial charge in [0, 0.05) is 22.1 Å². The van der Waals surface area contributed by atoms with Crippen LogP contribution in [0, 0.1) is 0 Å². The summed E-state index contributed by atoms with van der Waals surface area (Å²) in [7, 11) is 0. The highest BCUT2D eigenvalue weighted by Gasteiger charge is 2.22. The molecule has 11 rings (SSSR count). The molecule has 58 heavy (non-hydrogen) atoms. The summed E-state index contributed by atoms with van der Waals surface area (Å²) < 4.78 is 6.88. The molecule has 0 spiro atoms. The molecule has 11 aromatic rings. The van der Waals surface area contributed by atoms with Gasteiger partial charge in [0.1, 0.15) is 11.2 Å². The van der Waals surface area contributed by atoms with Crippen molar-refractivity contribution >= 4 is 60.5 Å². The maximum absolute atomic E-state index is 6.88. The van der Waals surface area contributed by atoms with Crippen molar-refractivity contribution in [2.75, 3.05) is 4.90 Å². The van der Waals surface area contributed by atoms with Crippen molar-refractivity contribution in [1.29, 1.82) is 0 Å². The Bertz CT molecular complexity index is 3230. The number of nitrogens with zero attached hydrogens (tertiary/aromatic N) is 1. The number of hydrogen-bond acceptors (Lipinski definition) is 2. The monoisotopic (exact) mass is 739 g/mol. The van der Waals surface area contributed by atoms with Crippen LogP contribution in [0.3, 0.4) is 0 Å². The molecule has 0 aliphatic carbocycles. The molecule has 0 unspecified atom stereocenters. The third kappa shape index (κ3) is 5.82. The van der Waals surface area contributed by atoms with Crippen LogP contribution < -0.4 is 4.90 Å². The van der Waals surface area contributed by atoms with E-state index in [4.69, 9.17) is 4.42 Å². The summed E-state index contributed by atoms with van der Waals surface area (Å²) in [6.45, 7) is 0. The first kappa shape index (κ1) is 33.6. The van der Waals surface area contributed by atoms with Gasteiger partial charge in [0.15, 0.2) is 0 Å². The lowest BCUT2D eigenvalue weighted by Crippen LogP contribution is -2.10. The molecule has 0 saturated carbocycles. The topological polar surface area (TPSA) is 16.4 Å². The van der Waals surface area contributed by atoms with E-state index in [9.17, 15) is 0 Å². The van der Waals surface area contributed by atoms with Gasteiger partial charge in [-0.3, -0.25) is 0 Å². The first-order chi connectivity index (χ1) is 28.8. The van der Waals surface area contributed by atoms with Crippen molar-refractivity contribution in [2.45, 2.75) is 0 Å². The van der Waals surface area contributed by atoms with Crippen LogP contribution in [0.25, 0.3) is 88.0 Å². The average molecular weight is 740 g/mol. The zero-order chi connectivity index (χ0) is 38.4. The Morgan fingerprint density at radius 1 is 0.310 bits per heavy atom. The fourth-order valence-electron chi connectivity index (χ4n) is 8.65. The fourth-order valence-corrected chi connectivity index (χ4v) is 8.65. The van der Waals surface area contributed by atoms with E-state index in [0.717, 1.165) is 44.4 Å². The zero-order valence-corrected chi connectivity index (χ0v) is 31.7. The minimum atomic E-state index is 0.855. The van der Waals surface area contributed by atoms with E-state index < -0.39 is 0 Å². The summed E-state index contributed by atoms with van der Waals surface area (Å²) >= 11 is 0. The molecule has 0 amide bonds. The smallest absolute Gasteiger partial charge is 0.143 e. The Kier molecular flexibility index (Phi) is 8.19. The molecule has 1 heterocycles. The van der Waals surface area contributed by atoms with Gasteiger partial charge in [0.2, 0.25) is 0 Å². The first-order valence-corrected chi connectivity index (χ1v) is 19.8. The van der Waals surface area contributed by atoms with Gasteiger partial charge < -0.3 is 9.32 Å². The van der Waals surface area contributed by atoms with E-state index in [0.29, 0.717) is 0 Å². The zero-order valence-electron chi connectivity index (χ0n) is 31.7. The number of anilines is 3. The van der Waals surface area contributed by atoms with Gasteiger partial charge in [0.25, 0.3) is 0 Å². The fraction of sp³-hybridized carbons (Fsp3) is 0. The van der Waals surface area contributed by atoms with Crippen LogP contribution in [-0.2, 0) is 0 Å². The van der Waals surface area contributed by atoms with Crippen LogP contribution in [0.1, 0.15) is 0 Å². The highest BCUT2D eigenvalue weighted by Crippen LogP contribution is 2.47. The second-order valence-corrected chi connectivity index (χ2v) is 14.9. The highest BCUT2D eigenvalue weighted by atomic mass is 16.3. The Morgan fingerprint density at radius 2 is 0.776 bits per heavy atom. The van der Waals surface area contributed by atoms with Crippen molar-refractivity contribution in [3.05, 3.63) is 224 Å². The Labute approximate surface area is 337 Å². The number of furan rings is 1. The SMILES string of the molecule is c1ccc(-c2ccc(-c3ccc(N(c4ccc(-c5ccccc5)cc4)c4cccc5oc6c7ccccc7c(-c7cccc8ccccc78)cc6c45)cc3)cc2)cc1. The quantitative estimate of drug-likeness (QED) is 0.162. The standard InChI is InChI=1S/C56H37NO/c1-3-13-38(14-4-1)40-25-27-41(28-26-40)43-31-35-46(36-32-43)57(45-33-29-42(30-34-45)39-15-5-2-6-16-39)53-23-12-24-54-55(53)52-37-51(49-20-9-10-21-50(49)56(52)58-54)48-22-11-18-44-17-7-8-19-47(44)48/h1-37H. The van der Waals surface area contributed by atoms with E-state index in [1.807, 2.05) is 0 Å². The molecule has 0 atom stereocenters. The summed E-state index contributed by atoms with van der Waals surface area (Å²) in [6, 6.07) is 80.5. The van der Waals surface area contributed by atoms with Crippen molar-refractivity contribution in [1.82, 2.24) is 0 Å². The molecule has 0 N–H and O–H groups in total. The molecule has 1 aromatic heterocycles. The maximum atomic E-state index is 6.88. The molecule has 0 fully saturated rings. The molecule has 2 heteroatoms. The lowest BCUT2D eigenvalue weighted by molar-refractivity contribution is 0.672. The van der Waals surface area contributed by atoms with Crippen LogP contribution in [0.4, 0.5) is 17.1 Å². The Hall–Kier alpha value is -7.68. The minimum absolute atomic E-state index is 0.855. The van der Waals surface area contributed by atoms with Gasteiger partial charge in [-0.25, -0.2) is 0 Å². The molecule has 0 saturated heterocycles. The van der Waals surface area contributed by atoms with Gasteiger partial charge in [-0.05, 0) is 103 Å². The molecule has 0 bridgehead atoms. The van der Waals surface area contributed by atoms with Crippen molar-refractivity contribution in [2.24, 2.45) is 0 Å². The van der Waals surface area contributed by atoms with E-state index in [-0.39, 0.29) is 0 Å². The lowest BCUT2D eigenvalue weighted by atomic mass is 9.92. The molecule has 272 valence electrons. The third-order valence-electron chi connectivity index (χ3n) is 11.5. The van der Waals surface area contributed by atoms with E-state index >= 15 is 0 Å². The summed E-state index contributed by atoms with van der Waals surface area (Å²) in [5, 5.41) is 6.91. The number of benzene rings is 10. The number of hydrogen-bond donors (Lipinski definition) is 0. The third-order valence-corrected chi connectivity index (χ3v) is 11.5. The lowest BCUT2D eigenvalue weighted by Gasteiger charge is -2.27. The average Bonchev–Trinajstić information content (AvgIpc) is 3.69. The Morgan fingerprint density at radius 3 is 1.38 bits per heavy atom. The molecule has 0 aliphatic rings. The van der Waals surface area contributed by atoms with Gasteiger partial charge in [-0.1, -0.05) is 182 Å². The van der Waals surface area contributed by atoms with Crippen molar-refractivity contribution in [3.63, 3.8) is 0 Å². The predicted octanol–water partition coefficient (Wildman–Crippen LogP) is 16.0. The molecule has 0 radical (unpaired) electrons. The second-order valence-electron chi connectivity index (χ2n) is 14.9. The largest absolute Gasteiger partial charge is 0.455 e. The van der Waals surface area contributed by atoms with Crippen LogP contribution in [-0.4, -0.2) is 0 Å². The summed E-state index contributed by atoms with van der Waals surface area (Å²) in [6.07, 6.45) is 0. The van der Waals surface area contributed by atoms with Crippen LogP contribution in [0.15, 0.2) is 229 Å². The van der Waals surface area contributed by atoms with Crippen molar-refractivity contribution < 1.29 is 4.42 Å². The van der Waals surface area contributed by atoms with E-state index in [1.165, 1.54) is 60.7 Å². The van der Waals surface area contributed by atoms with Gasteiger partial charge >= 0.3 is 0 Å². The molecule has 0 aliphatic heterocycles. The number of rotatable bonds is 7. The van der Waals surface area contributed by atoms with Crippen molar-refractivity contribution in [3.8, 4) is 44.5 Å². The number of fused-ring (bicyclic) bond motifs is 6. The van der Waals surface area contributed by atoms with E-state index in [1.54, 1.807) is 0 Å². The van der Waals surface area contributed by atoms with Crippen LogP contribution in [0.5, 0.6) is 0 Å². The normalized spacial score (nSPS) is 11.4. The highest BCUT2D eigenvalue weighted by molar-refractivity contribution is 6.23. The predicted molar refractivity (Wildman–Crippen MR) is 245 cm³/mol. The summed E-state index contributed by atoms with van der Waals surface area (Å²) in [4.78, 5) is 2.38. The summed E-state index contributed by atoms with van der Waals surface area (Å²) in [5.41, 5.74) is 14.5. The molecular formula is C56H37NO. The molecule has 2 nitrogen and oxygen atoms in total. The van der Waals surface area contributed by atoms with Gasteiger partial charge in [0.05, 0.1) is 11.1 Å². The van der Waals surface area contributed by atoms with E-state index in [2.05, 4.69) is 229 Å². The first-order valence-electron chi connectivity index (χ1n) is 19.8. The molecule has 10 aromatic carbocycles. The molecular weight excluding hydrogens is 703 g/mol. The van der Waals surface area contributed by atoms with Crippen LogP contribution >= 0.6 is 0 Å². The maximum Gasteiger partial charge on any atom is 0.143 e. The Balaban J connectivity index is 1.10. The second kappa shape index (κ2) is 14.1. The summed E-state index contributed by atoms with van der Waals surface area (Å²) in [5.74, 6) is 0. The van der Waals surface area contributed by atoms with Gasteiger partial charge in [-0.2, -0.15) is 0 Å². The minimum Gasteiger partial charge on any atom is -0.455 e. The van der Waals surface area contributed by atoms with Gasteiger partial charge in [-0.15, -0.1) is 0 Å². The van der Waals surface area contributed by atoms with Crippen LogP contribution in [0.2, 0.25) is 0 Å².